The number of carboxylic acids is 1. The molecule has 0 aromatic carbocycles. The van der Waals surface area contributed by atoms with Gasteiger partial charge in [0.25, 0.3) is 5.56 Å². The van der Waals surface area contributed by atoms with E-state index < -0.39 is 5.97 Å². The number of carboxylic acid groups (broad SMARTS) is 1. The summed E-state index contributed by atoms with van der Waals surface area (Å²) in [5.41, 5.74) is 0.970. The summed E-state index contributed by atoms with van der Waals surface area (Å²) in [6.45, 7) is 1.76. The minimum Gasteiger partial charge on any atom is -0.477 e. The van der Waals surface area contributed by atoms with Crippen LogP contribution in [0.25, 0.3) is 5.69 Å². The molecule has 0 saturated heterocycles. The largest absolute Gasteiger partial charge is 0.477 e. The summed E-state index contributed by atoms with van der Waals surface area (Å²) < 4.78 is 1.30. The maximum Gasteiger partial charge on any atom is 0.354 e. The number of nitrogens with one attached hydrogen (secondary N) is 1. The van der Waals surface area contributed by atoms with Crippen LogP contribution in [0.5, 0.6) is 0 Å². The van der Waals surface area contributed by atoms with E-state index in [2.05, 4.69) is 10.1 Å². The molecule has 2 aromatic rings. The van der Waals surface area contributed by atoms with E-state index in [1.807, 2.05) is 0 Å². The van der Waals surface area contributed by atoms with Gasteiger partial charge in [-0.1, -0.05) is 0 Å². The second-order valence-corrected chi connectivity index (χ2v) is 3.32. The summed E-state index contributed by atoms with van der Waals surface area (Å²) in [7, 11) is 0. The van der Waals surface area contributed by atoms with Crippen LogP contribution in [0, 0.1) is 6.92 Å². The van der Waals surface area contributed by atoms with Crippen molar-refractivity contribution in [2.75, 3.05) is 0 Å². The lowest BCUT2D eigenvalue weighted by Gasteiger charge is -2.01. The fourth-order valence-electron chi connectivity index (χ4n) is 1.35. The highest BCUT2D eigenvalue weighted by molar-refractivity contribution is 5.85. The monoisotopic (exact) mass is 219 g/mol. The van der Waals surface area contributed by atoms with E-state index in [1.165, 1.54) is 29.1 Å². The number of hydrogen-bond donors (Lipinski definition) is 2. The van der Waals surface area contributed by atoms with Crippen molar-refractivity contribution in [1.29, 1.82) is 0 Å². The normalized spacial score (nSPS) is 10.3. The molecule has 0 saturated carbocycles. The molecule has 0 amide bonds. The molecule has 2 N–H and O–H groups in total. The zero-order chi connectivity index (χ0) is 11.7. The molecular weight excluding hydrogens is 210 g/mol. The van der Waals surface area contributed by atoms with Crippen LogP contribution in [0.3, 0.4) is 0 Å². The molecule has 6 heteroatoms. The van der Waals surface area contributed by atoms with Crippen LogP contribution in [0.4, 0.5) is 0 Å². The zero-order valence-corrected chi connectivity index (χ0v) is 8.47. The Morgan fingerprint density at radius 1 is 1.50 bits per heavy atom. The number of pyridine rings is 1. The van der Waals surface area contributed by atoms with Gasteiger partial charge < -0.3 is 5.11 Å². The molecule has 16 heavy (non-hydrogen) atoms. The Balaban J connectivity index is 2.46. The lowest BCUT2D eigenvalue weighted by atomic mass is 10.3. The molecule has 2 aromatic heterocycles. The van der Waals surface area contributed by atoms with Crippen molar-refractivity contribution in [2.45, 2.75) is 6.92 Å². The maximum atomic E-state index is 11.4. The smallest absolute Gasteiger partial charge is 0.354 e. The predicted molar refractivity (Wildman–Crippen MR) is 55.9 cm³/mol. The number of H-pyrrole nitrogens is 1. The van der Waals surface area contributed by atoms with E-state index in [4.69, 9.17) is 5.11 Å². The van der Waals surface area contributed by atoms with Gasteiger partial charge in [-0.3, -0.25) is 9.89 Å². The SMILES string of the molecule is Cc1cc(=O)n(-c2ccc(C(=O)O)nc2)[nH]1. The average Bonchev–Trinajstić information content (AvgIpc) is 2.58. The van der Waals surface area contributed by atoms with Gasteiger partial charge in [-0.25, -0.2) is 14.5 Å². The van der Waals surface area contributed by atoms with Crippen LogP contribution in [-0.4, -0.2) is 25.8 Å². The number of aromatic carboxylic acids is 1. The van der Waals surface area contributed by atoms with Crippen LogP contribution in [0.2, 0.25) is 0 Å². The summed E-state index contributed by atoms with van der Waals surface area (Å²) in [6.07, 6.45) is 1.33. The number of aromatic amines is 1. The first-order valence-electron chi connectivity index (χ1n) is 4.56. The van der Waals surface area contributed by atoms with Crippen molar-refractivity contribution in [1.82, 2.24) is 14.8 Å². The van der Waals surface area contributed by atoms with Gasteiger partial charge in [-0.15, -0.1) is 0 Å². The molecule has 0 unspecified atom stereocenters. The lowest BCUT2D eigenvalue weighted by molar-refractivity contribution is 0.0690. The number of rotatable bonds is 2. The fourth-order valence-corrected chi connectivity index (χ4v) is 1.35. The molecule has 0 aliphatic heterocycles. The lowest BCUT2D eigenvalue weighted by Crippen LogP contribution is -2.14. The molecule has 0 aliphatic carbocycles. The van der Waals surface area contributed by atoms with Crippen molar-refractivity contribution < 1.29 is 9.90 Å². The molecule has 2 rings (SSSR count). The van der Waals surface area contributed by atoms with E-state index in [9.17, 15) is 9.59 Å². The second kappa shape index (κ2) is 3.65. The van der Waals surface area contributed by atoms with Gasteiger partial charge >= 0.3 is 5.97 Å². The van der Waals surface area contributed by atoms with Crippen LogP contribution >= 0.6 is 0 Å². The summed E-state index contributed by atoms with van der Waals surface area (Å²) in [5, 5.41) is 11.5. The Hall–Kier alpha value is -2.37. The number of carbonyl (C=O) groups is 1. The van der Waals surface area contributed by atoms with Crippen LogP contribution in [0.15, 0.2) is 29.2 Å². The Labute approximate surface area is 90.2 Å². The molecular formula is C10H9N3O3. The second-order valence-electron chi connectivity index (χ2n) is 3.32. The molecule has 0 aliphatic rings. The van der Waals surface area contributed by atoms with E-state index in [0.29, 0.717) is 5.69 Å². The van der Waals surface area contributed by atoms with Crippen molar-refractivity contribution in [3.8, 4) is 5.69 Å². The van der Waals surface area contributed by atoms with Crippen LogP contribution in [-0.2, 0) is 0 Å². The summed E-state index contributed by atoms with van der Waals surface area (Å²) in [5.74, 6) is -1.10. The first kappa shape index (κ1) is 10.2. The van der Waals surface area contributed by atoms with Gasteiger partial charge in [-0.2, -0.15) is 0 Å². The molecule has 2 heterocycles. The van der Waals surface area contributed by atoms with Crippen LogP contribution in [0.1, 0.15) is 16.2 Å². The first-order chi connectivity index (χ1) is 7.58. The highest BCUT2D eigenvalue weighted by Gasteiger charge is 2.06. The fraction of sp³-hybridized carbons (Fsp3) is 0.100. The van der Waals surface area contributed by atoms with E-state index in [0.717, 1.165) is 5.69 Å². The quantitative estimate of drug-likeness (QED) is 0.772. The Bertz CT molecular complexity index is 580. The van der Waals surface area contributed by atoms with Gasteiger partial charge in [0, 0.05) is 11.8 Å². The third-order valence-electron chi connectivity index (χ3n) is 2.07. The van der Waals surface area contributed by atoms with Crippen LogP contribution < -0.4 is 5.56 Å². The maximum absolute atomic E-state index is 11.4. The van der Waals surface area contributed by atoms with Gasteiger partial charge in [0.05, 0.1) is 11.9 Å². The van der Waals surface area contributed by atoms with E-state index in [1.54, 1.807) is 6.92 Å². The van der Waals surface area contributed by atoms with Crippen molar-refractivity contribution in [3.05, 3.63) is 46.1 Å². The van der Waals surface area contributed by atoms with Gasteiger partial charge in [0.15, 0.2) is 0 Å². The van der Waals surface area contributed by atoms with Crippen molar-refractivity contribution in [2.24, 2.45) is 0 Å². The molecule has 82 valence electrons. The van der Waals surface area contributed by atoms with Gasteiger partial charge in [0.1, 0.15) is 5.69 Å². The average molecular weight is 219 g/mol. The molecule has 0 fully saturated rings. The number of aromatic nitrogens is 3. The van der Waals surface area contributed by atoms with E-state index in [-0.39, 0.29) is 11.3 Å². The first-order valence-corrected chi connectivity index (χ1v) is 4.56. The van der Waals surface area contributed by atoms with Crippen molar-refractivity contribution >= 4 is 5.97 Å². The Morgan fingerprint density at radius 3 is 2.69 bits per heavy atom. The highest BCUT2D eigenvalue weighted by atomic mass is 16.4. The standard InChI is InChI=1S/C10H9N3O3/c1-6-4-9(14)13(12-6)7-2-3-8(10(15)16)11-5-7/h2-5,12H,1H3,(H,15,16). The van der Waals surface area contributed by atoms with Crippen molar-refractivity contribution in [3.63, 3.8) is 0 Å². The minimum absolute atomic E-state index is 0.0555. The number of nitrogens with zero attached hydrogens (tertiary/aromatic N) is 2. The summed E-state index contributed by atoms with van der Waals surface area (Å²) in [4.78, 5) is 25.8. The number of hydrogen-bond acceptors (Lipinski definition) is 3. The molecule has 0 bridgehead atoms. The molecule has 6 nitrogen and oxygen atoms in total. The summed E-state index contributed by atoms with van der Waals surface area (Å²) in [6, 6.07) is 4.32. The third kappa shape index (κ3) is 1.72. The highest BCUT2D eigenvalue weighted by Crippen LogP contribution is 2.04. The third-order valence-corrected chi connectivity index (χ3v) is 2.07. The molecule has 0 spiro atoms. The minimum atomic E-state index is -1.10. The van der Waals surface area contributed by atoms with Gasteiger partial charge in [-0.05, 0) is 19.1 Å². The predicted octanol–water partition coefficient (Wildman–Crippen LogP) is 0.567. The molecule has 0 radical (unpaired) electrons. The summed E-state index contributed by atoms with van der Waals surface area (Å²) >= 11 is 0. The zero-order valence-electron chi connectivity index (χ0n) is 8.47. The van der Waals surface area contributed by atoms with E-state index >= 15 is 0 Å². The van der Waals surface area contributed by atoms with Gasteiger partial charge in [0.2, 0.25) is 0 Å². The molecule has 0 atom stereocenters. The topological polar surface area (TPSA) is 88.0 Å². The Kier molecular flexibility index (Phi) is 2.32. The Morgan fingerprint density at radius 2 is 2.25 bits per heavy atom. The number of aryl methyl sites for hydroxylation is 1.